The molecule has 1 aromatic carbocycles. The van der Waals surface area contributed by atoms with Crippen molar-refractivity contribution in [1.29, 1.82) is 0 Å². The third-order valence-corrected chi connectivity index (χ3v) is 3.25. The molecule has 20 heavy (non-hydrogen) atoms. The summed E-state index contributed by atoms with van der Waals surface area (Å²) in [5.74, 6) is -1.53. The summed E-state index contributed by atoms with van der Waals surface area (Å²) in [7, 11) is -3.74. The fourth-order valence-corrected chi connectivity index (χ4v) is 1.82. The molecule has 0 aliphatic rings. The van der Waals surface area contributed by atoms with Crippen molar-refractivity contribution < 1.29 is 18.0 Å². The zero-order chi connectivity index (χ0) is 15.2. The van der Waals surface area contributed by atoms with Gasteiger partial charge in [0.2, 0.25) is 10.0 Å². The number of benzene rings is 1. The maximum Gasteiger partial charge on any atom is 0.309 e. The van der Waals surface area contributed by atoms with Crippen LogP contribution in [-0.2, 0) is 26.2 Å². The maximum atomic E-state index is 11.4. The number of sulfonamides is 1. The maximum absolute atomic E-state index is 11.4. The zero-order valence-electron chi connectivity index (χ0n) is 10.6. The molecule has 0 spiro atoms. The zero-order valence-corrected chi connectivity index (χ0v) is 11.4. The number of nitrogens with two attached hydrogens (primary N) is 1. The fraction of sp³-hybridized carbons (Fsp3) is 0.167. The summed E-state index contributed by atoms with van der Waals surface area (Å²) in [5, 5.41) is 9.69. The van der Waals surface area contributed by atoms with Gasteiger partial charge >= 0.3 is 11.8 Å². The predicted molar refractivity (Wildman–Crippen MR) is 72.9 cm³/mol. The average molecular weight is 297 g/mol. The molecule has 108 valence electrons. The first kappa shape index (κ1) is 15.9. The van der Waals surface area contributed by atoms with Gasteiger partial charge in [-0.05, 0) is 17.7 Å². The highest BCUT2D eigenvalue weighted by Gasteiger charge is 2.12. The van der Waals surface area contributed by atoms with Crippen molar-refractivity contribution in [2.45, 2.75) is 11.4 Å². The minimum absolute atomic E-state index is 0.0173. The summed E-state index contributed by atoms with van der Waals surface area (Å²) in [6.07, 6.45) is 1.46. The Morgan fingerprint density at radius 1 is 1.15 bits per heavy atom. The van der Waals surface area contributed by atoms with Crippen LogP contribution in [0.5, 0.6) is 0 Å². The molecular weight excluding hydrogens is 282 g/mol. The highest BCUT2D eigenvalue weighted by Crippen LogP contribution is 2.08. The lowest BCUT2D eigenvalue weighted by Crippen LogP contribution is -2.39. The molecule has 0 saturated heterocycles. The Kier molecular flexibility index (Phi) is 5.42. The van der Waals surface area contributed by atoms with E-state index in [0.29, 0.717) is 5.56 Å². The van der Waals surface area contributed by atoms with E-state index in [1.165, 1.54) is 30.3 Å². The SMILES string of the molecule is C=CCNC(=O)C(=O)NCc1ccc(S(N)(=O)=O)cc1. The molecule has 0 radical (unpaired) electrons. The number of carbonyl (C=O) groups excluding carboxylic acids is 2. The molecule has 0 fully saturated rings. The van der Waals surface area contributed by atoms with Crippen LogP contribution in [0.3, 0.4) is 0 Å². The fourth-order valence-electron chi connectivity index (χ4n) is 1.30. The van der Waals surface area contributed by atoms with Crippen molar-refractivity contribution in [2.75, 3.05) is 6.54 Å². The lowest BCUT2D eigenvalue weighted by Gasteiger charge is -2.06. The van der Waals surface area contributed by atoms with Gasteiger partial charge in [-0.25, -0.2) is 13.6 Å². The summed E-state index contributed by atoms with van der Waals surface area (Å²) in [6, 6.07) is 5.66. The van der Waals surface area contributed by atoms with Crippen LogP contribution in [0.15, 0.2) is 41.8 Å². The lowest BCUT2D eigenvalue weighted by molar-refractivity contribution is -0.139. The second-order valence-electron chi connectivity index (χ2n) is 3.87. The van der Waals surface area contributed by atoms with E-state index in [1.807, 2.05) is 0 Å². The highest BCUT2D eigenvalue weighted by atomic mass is 32.2. The number of primary sulfonamides is 1. The monoisotopic (exact) mass is 297 g/mol. The van der Waals surface area contributed by atoms with Crippen LogP contribution in [0.25, 0.3) is 0 Å². The van der Waals surface area contributed by atoms with Gasteiger partial charge in [0.15, 0.2) is 0 Å². The van der Waals surface area contributed by atoms with Crippen molar-refractivity contribution in [2.24, 2.45) is 5.14 Å². The molecule has 0 unspecified atom stereocenters. The smallest absolute Gasteiger partial charge is 0.309 e. The van der Waals surface area contributed by atoms with Crippen molar-refractivity contribution in [3.63, 3.8) is 0 Å². The molecule has 1 rings (SSSR count). The van der Waals surface area contributed by atoms with E-state index < -0.39 is 21.8 Å². The molecule has 0 saturated carbocycles. The topological polar surface area (TPSA) is 118 Å². The Labute approximate surface area is 116 Å². The molecule has 0 aliphatic carbocycles. The second kappa shape index (κ2) is 6.83. The van der Waals surface area contributed by atoms with Crippen LogP contribution in [-0.4, -0.2) is 26.8 Å². The van der Waals surface area contributed by atoms with Crippen LogP contribution < -0.4 is 15.8 Å². The third kappa shape index (κ3) is 4.82. The quantitative estimate of drug-likeness (QED) is 0.489. The summed E-state index contributed by atoms with van der Waals surface area (Å²) in [6.45, 7) is 3.71. The van der Waals surface area contributed by atoms with Gasteiger partial charge in [0.1, 0.15) is 0 Å². The molecule has 4 N–H and O–H groups in total. The summed E-state index contributed by atoms with van der Waals surface area (Å²) in [4.78, 5) is 22.6. The Bertz CT molecular complexity index is 608. The molecule has 0 aliphatic heterocycles. The average Bonchev–Trinajstić information content (AvgIpc) is 2.41. The molecular formula is C12H15N3O4S. The van der Waals surface area contributed by atoms with Gasteiger partial charge in [0, 0.05) is 13.1 Å². The van der Waals surface area contributed by atoms with E-state index in [9.17, 15) is 18.0 Å². The summed E-state index contributed by atoms with van der Waals surface area (Å²) < 4.78 is 22.1. The molecule has 0 heterocycles. The molecule has 1 aromatic rings. The van der Waals surface area contributed by atoms with Gasteiger partial charge in [-0.3, -0.25) is 9.59 Å². The van der Waals surface area contributed by atoms with E-state index in [1.54, 1.807) is 0 Å². The lowest BCUT2D eigenvalue weighted by atomic mass is 10.2. The van der Waals surface area contributed by atoms with Crippen LogP contribution in [0.1, 0.15) is 5.56 Å². The van der Waals surface area contributed by atoms with Gasteiger partial charge in [-0.15, -0.1) is 6.58 Å². The molecule has 7 nitrogen and oxygen atoms in total. The Morgan fingerprint density at radius 3 is 2.20 bits per heavy atom. The van der Waals surface area contributed by atoms with E-state index >= 15 is 0 Å². The van der Waals surface area contributed by atoms with E-state index in [-0.39, 0.29) is 18.0 Å². The molecule has 0 aromatic heterocycles. The second-order valence-corrected chi connectivity index (χ2v) is 5.43. The van der Waals surface area contributed by atoms with Gasteiger partial charge in [-0.1, -0.05) is 18.2 Å². The van der Waals surface area contributed by atoms with Crippen LogP contribution in [0.4, 0.5) is 0 Å². The number of hydrogen-bond acceptors (Lipinski definition) is 4. The predicted octanol–water partition coefficient (Wildman–Crippen LogP) is -0.748. The minimum Gasteiger partial charge on any atom is -0.344 e. The number of rotatable bonds is 5. The molecule has 8 heteroatoms. The highest BCUT2D eigenvalue weighted by molar-refractivity contribution is 7.89. The van der Waals surface area contributed by atoms with E-state index in [0.717, 1.165) is 0 Å². The standard InChI is InChI=1S/C12H15N3O4S/c1-2-7-14-11(16)12(17)15-8-9-3-5-10(6-4-9)20(13,18)19/h2-6H,1,7-8H2,(H,14,16)(H,15,17)(H2,13,18,19). The number of carbonyl (C=O) groups is 2. The van der Waals surface area contributed by atoms with Gasteiger partial charge in [0.25, 0.3) is 0 Å². The summed E-state index contributed by atoms with van der Waals surface area (Å²) in [5.41, 5.74) is 0.641. The van der Waals surface area contributed by atoms with Gasteiger partial charge in [0.05, 0.1) is 4.90 Å². The Morgan fingerprint density at radius 2 is 1.70 bits per heavy atom. The minimum atomic E-state index is -3.74. The molecule has 0 bridgehead atoms. The first-order valence-electron chi connectivity index (χ1n) is 5.63. The van der Waals surface area contributed by atoms with Gasteiger partial charge < -0.3 is 10.6 Å². The largest absolute Gasteiger partial charge is 0.344 e. The first-order chi connectivity index (χ1) is 9.34. The van der Waals surface area contributed by atoms with Crippen LogP contribution >= 0.6 is 0 Å². The Balaban J connectivity index is 2.56. The Hall–Kier alpha value is -2.19. The number of nitrogens with one attached hydrogen (secondary N) is 2. The first-order valence-corrected chi connectivity index (χ1v) is 7.18. The molecule has 0 atom stereocenters. The van der Waals surface area contributed by atoms with Crippen molar-refractivity contribution in [3.8, 4) is 0 Å². The number of amides is 2. The van der Waals surface area contributed by atoms with Crippen molar-refractivity contribution in [1.82, 2.24) is 10.6 Å². The molecule has 2 amide bonds. The van der Waals surface area contributed by atoms with Crippen LogP contribution in [0, 0.1) is 0 Å². The number of hydrogen-bond donors (Lipinski definition) is 3. The van der Waals surface area contributed by atoms with E-state index in [2.05, 4.69) is 17.2 Å². The third-order valence-electron chi connectivity index (χ3n) is 2.32. The van der Waals surface area contributed by atoms with E-state index in [4.69, 9.17) is 5.14 Å². The summed E-state index contributed by atoms with van der Waals surface area (Å²) >= 11 is 0. The van der Waals surface area contributed by atoms with Crippen molar-refractivity contribution in [3.05, 3.63) is 42.5 Å². The normalized spacial score (nSPS) is 10.7. The van der Waals surface area contributed by atoms with Crippen LogP contribution in [0.2, 0.25) is 0 Å². The van der Waals surface area contributed by atoms with Crippen molar-refractivity contribution >= 4 is 21.8 Å². The van der Waals surface area contributed by atoms with Gasteiger partial charge in [-0.2, -0.15) is 0 Å².